The van der Waals surface area contributed by atoms with Crippen molar-refractivity contribution >= 4 is 5.69 Å². The van der Waals surface area contributed by atoms with Gasteiger partial charge in [0.25, 0.3) is 5.69 Å². The molecule has 1 aromatic carbocycles. The lowest BCUT2D eigenvalue weighted by atomic mass is 10.1. The molecule has 17 heavy (non-hydrogen) atoms. The number of nitro groups is 1. The Labute approximate surface area is 97.7 Å². The Balaban J connectivity index is 2.60. The van der Waals surface area contributed by atoms with Crippen molar-refractivity contribution in [3.8, 4) is 11.3 Å². The molecule has 2 rings (SSSR count). The topological polar surface area (TPSA) is 70.1 Å². The van der Waals surface area contributed by atoms with Gasteiger partial charge in [-0.25, -0.2) is 0 Å². The third-order valence-electron chi connectivity index (χ3n) is 2.56. The lowest BCUT2D eigenvalue weighted by Gasteiger charge is -2.06. The van der Waals surface area contributed by atoms with E-state index in [2.05, 4.69) is 0 Å². The highest BCUT2D eigenvalue weighted by Gasteiger charge is 2.21. The van der Waals surface area contributed by atoms with Crippen LogP contribution in [0.4, 0.5) is 5.69 Å². The average Bonchev–Trinajstić information content (AvgIpc) is 2.33. The van der Waals surface area contributed by atoms with Crippen LogP contribution in [0.2, 0.25) is 0 Å². The van der Waals surface area contributed by atoms with Crippen LogP contribution in [0.1, 0.15) is 5.69 Å². The number of hydrogen-bond acceptors (Lipinski definition) is 3. The van der Waals surface area contributed by atoms with Crippen molar-refractivity contribution in [3.05, 3.63) is 63.5 Å². The minimum Gasteiger partial charge on any atom is -0.618 e. The lowest BCUT2D eigenvalue weighted by Crippen LogP contribution is -2.33. The maximum Gasteiger partial charge on any atom is 0.336 e. The molecule has 0 unspecified atom stereocenters. The molecule has 0 saturated carbocycles. The molecule has 0 aliphatic carbocycles. The van der Waals surface area contributed by atoms with Gasteiger partial charge < -0.3 is 5.21 Å². The second kappa shape index (κ2) is 4.21. The molecule has 0 aliphatic heterocycles. The molecule has 1 heterocycles. The molecule has 0 aliphatic rings. The van der Waals surface area contributed by atoms with Gasteiger partial charge in [0, 0.05) is 24.6 Å². The summed E-state index contributed by atoms with van der Waals surface area (Å²) in [4.78, 5) is 10.1. The fraction of sp³-hybridized carbons (Fsp3) is 0.0833. The molecule has 0 saturated heterocycles. The van der Waals surface area contributed by atoms with Gasteiger partial charge in [0.15, 0.2) is 0 Å². The Morgan fingerprint density at radius 1 is 1.12 bits per heavy atom. The Morgan fingerprint density at radius 3 is 2.35 bits per heavy atom. The molecule has 0 bridgehead atoms. The van der Waals surface area contributed by atoms with E-state index >= 15 is 0 Å². The Morgan fingerprint density at radius 2 is 1.76 bits per heavy atom. The Bertz CT molecular complexity index is 567. The van der Waals surface area contributed by atoms with Crippen molar-refractivity contribution in [2.75, 3.05) is 0 Å². The summed E-state index contributed by atoms with van der Waals surface area (Å²) in [6.45, 7) is 1.44. The van der Waals surface area contributed by atoms with Crippen LogP contribution in [-0.4, -0.2) is 4.92 Å². The summed E-state index contributed by atoms with van der Waals surface area (Å²) in [5.41, 5.74) is 1.07. The molecule has 1 aromatic heterocycles. The highest BCUT2D eigenvalue weighted by atomic mass is 16.6. The van der Waals surface area contributed by atoms with E-state index in [0.29, 0.717) is 10.4 Å². The highest BCUT2D eigenvalue weighted by molar-refractivity contribution is 5.57. The standard InChI is InChI=1S/C12H10N2O3/c1-9-11(14(16)17)7-8-12(13(9)15)10-5-3-2-4-6-10/h2-8H,1H3. The minimum atomic E-state index is -0.557. The molecule has 0 atom stereocenters. The predicted octanol–water partition coefficient (Wildman–Crippen LogP) is 2.20. The average molecular weight is 230 g/mol. The molecule has 0 amide bonds. The fourth-order valence-corrected chi connectivity index (χ4v) is 1.65. The first-order valence-electron chi connectivity index (χ1n) is 5.04. The van der Waals surface area contributed by atoms with E-state index in [1.165, 1.54) is 19.1 Å². The van der Waals surface area contributed by atoms with Crippen LogP contribution in [0.5, 0.6) is 0 Å². The molecule has 5 nitrogen and oxygen atoms in total. The number of aromatic nitrogens is 1. The minimum absolute atomic E-state index is 0.0938. The third-order valence-corrected chi connectivity index (χ3v) is 2.56. The zero-order valence-corrected chi connectivity index (χ0v) is 9.16. The van der Waals surface area contributed by atoms with Crippen LogP contribution < -0.4 is 4.73 Å². The predicted molar refractivity (Wildman–Crippen MR) is 62.2 cm³/mol. The van der Waals surface area contributed by atoms with Crippen molar-refractivity contribution in [1.29, 1.82) is 0 Å². The van der Waals surface area contributed by atoms with Gasteiger partial charge in [-0.1, -0.05) is 18.2 Å². The highest BCUT2D eigenvalue weighted by Crippen LogP contribution is 2.20. The summed E-state index contributed by atoms with van der Waals surface area (Å²) in [7, 11) is 0. The normalized spacial score (nSPS) is 10.2. The number of rotatable bonds is 2. The van der Waals surface area contributed by atoms with Gasteiger partial charge in [0.05, 0.1) is 4.92 Å². The first kappa shape index (κ1) is 11.1. The smallest absolute Gasteiger partial charge is 0.336 e. The second-order valence-corrected chi connectivity index (χ2v) is 3.61. The lowest BCUT2D eigenvalue weighted by molar-refractivity contribution is -0.605. The van der Waals surface area contributed by atoms with Crippen LogP contribution in [0.3, 0.4) is 0 Å². The van der Waals surface area contributed by atoms with Crippen LogP contribution in [-0.2, 0) is 0 Å². The summed E-state index contributed by atoms with van der Waals surface area (Å²) < 4.78 is 0.591. The van der Waals surface area contributed by atoms with E-state index < -0.39 is 4.92 Å². The van der Waals surface area contributed by atoms with Crippen molar-refractivity contribution in [2.45, 2.75) is 6.92 Å². The number of hydrogen-bond donors (Lipinski definition) is 0. The molecule has 0 N–H and O–H groups in total. The number of pyridine rings is 1. The summed E-state index contributed by atoms with van der Waals surface area (Å²) in [5.74, 6) is 0. The Kier molecular flexibility index (Phi) is 2.74. The molecule has 0 fully saturated rings. The fourth-order valence-electron chi connectivity index (χ4n) is 1.65. The monoisotopic (exact) mass is 230 g/mol. The molecule has 0 radical (unpaired) electrons. The largest absolute Gasteiger partial charge is 0.618 e. The third kappa shape index (κ3) is 1.94. The van der Waals surface area contributed by atoms with Crippen molar-refractivity contribution in [2.24, 2.45) is 0 Å². The quantitative estimate of drug-likeness (QED) is 0.343. The zero-order chi connectivity index (χ0) is 12.4. The van der Waals surface area contributed by atoms with Crippen LogP contribution in [0.15, 0.2) is 42.5 Å². The summed E-state index contributed by atoms with van der Waals surface area (Å²) in [6, 6.07) is 11.9. The zero-order valence-electron chi connectivity index (χ0n) is 9.16. The molecule has 5 heteroatoms. The van der Waals surface area contributed by atoms with Crippen LogP contribution in [0, 0.1) is 22.2 Å². The maximum absolute atomic E-state index is 11.9. The van der Waals surface area contributed by atoms with E-state index in [0.717, 1.165) is 5.56 Å². The van der Waals surface area contributed by atoms with Gasteiger partial charge in [0.2, 0.25) is 5.69 Å². The van der Waals surface area contributed by atoms with Crippen molar-refractivity contribution in [1.82, 2.24) is 0 Å². The molecule has 0 spiro atoms. The van der Waals surface area contributed by atoms with Gasteiger partial charge in [-0.05, 0) is 12.1 Å². The first-order valence-corrected chi connectivity index (χ1v) is 5.04. The molecule has 86 valence electrons. The van der Waals surface area contributed by atoms with Gasteiger partial charge in [-0.15, -0.1) is 0 Å². The molecular formula is C12H10N2O3. The second-order valence-electron chi connectivity index (χ2n) is 3.61. The SMILES string of the molecule is Cc1c([N+](=O)[O-])ccc(-c2ccccc2)[n+]1[O-]. The van der Waals surface area contributed by atoms with E-state index in [1.807, 2.05) is 18.2 Å². The van der Waals surface area contributed by atoms with Gasteiger partial charge in [-0.3, -0.25) is 10.1 Å². The van der Waals surface area contributed by atoms with E-state index in [9.17, 15) is 15.3 Å². The maximum atomic E-state index is 11.9. The van der Waals surface area contributed by atoms with Crippen LogP contribution >= 0.6 is 0 Å². The van der Waals surface area contributed by atoms with Gasteiger partial charge in [-0.2, -0.15) is 4.73 Å². The van der Waals surface area contributed by atoms with E-state index in [-0.39, 0.29) is 11.4 Å². The first-order chi connectivity index (χ1) is 8.11. The number of nitrogens with zero attached hydrogens (tertiary/aromatic N) is 2. The Hall–Kier alpha value is -2.43. The summed E-state index contributed by atoms with van der Waals surface area (Å²) in [6.07, 6.45) is 0. The molecular weight excluding hydrogens is 220 g/mol. The summed E-state index contributed by atoms with van der Waals surface area (Å²) >= 11 is 0. The van der Waals surface area contributed by atoms with E-state index in [4.69, 9.17) is 0 Å². The van der Waals surface area contributed by atoms with Crippen molar-refractivity contribution < 1.29 is 9.65 Å². The van der Waals surface area contributed by atoms with Crippen molar-refractivity contribution in [3.63, 3.8) is 0 Å². The summed E-state index contributed by atoms with van der Waals surface area (Å²) in [5, 5.41) is 22.6. The van der Waals surface area contributed by atoms with Crippen LogP contribution in [0.25, 0.3) is 11.3 Å². The van der Waals surface area contributed by atoms with Gasteiger partial charge >= 0.3 is 5.69 Å². The van der Waals surface area contributed by atoms with Gasteiger partial charge in [0.1, 0.15) is 0 Å². The number of benzene rings is 1. The molecule has 2 aromatic rings. The van der Waals surface area contributed by atoms with E-state index in [1.54, 1.807) is 12.1 Å².